The number of rotatable bonds is 2. The first kappa shape index (κ1) is 10.2. The van der Waals surface area contributed by atoms with Crippen molar-refractivity contribution < 1.29 is 15.1 Å². The predicted molar refractivity (Wildman–Crippen MR) is 52.1 cm³/mol. The highest BCUT2D eigenvalue weighted by molar-refractivity contribution is 6.45. The van der Waals surface area contributed by atoms with Gasteiger partial charge in [0.2, 0.25) is 5.78 Å². The molecule has 0 fully saturated rings. The molecule has 0 atom stereocenters. The molecule has 0 aromatic heterocycles. The van der Waals surface area contributed by atoms with Gasteiger partial charge in [0.1, 0.15) is 11.5 Å². The molecule has 4 heteroatoms. The average molecular weight is 193 g/mol. The van der Waals surface area contributed by atoms with Gasteiger partial charge in [-0.25, -0.2) is 0 Å². The quantitative estimate of drug-likeness (QED) is 0.325. The number of carbonyl (C=O) groups is 1. The van der Waals surface area contributed by atoms with Crippen molar-refractivity contribution in [3.63, 3.8) is 0 Å². The Morgan fingerprint density at radius 1 is 1.43 bits per heavy atom. The van der Waals surface area contributed by atoms with Gasteiger partial charge in [-0.3, -0.25) is 4.79 Å². The zero-order valence-corrected chi connectivity index (χ0v) is 7.98. The summed E-state index contributed by atoms with van der Waals surface area (Å²) in [5, 5.41) is 20.5. The lowest BCUT2D eigenvalue weighted by Crippen LogP contribution is -2.10. The molecular formula is C10H11NO3. The summed E-state index contributed by atoms with van der Waals surface area (Å²) in [5.74, 6) is -0.343. The Hall–Kier alpha value is -1.84. The Morgan fingerprint density at radius 3 is 2.57 bits per heavy atom. The van der Waals surface area contributed by atoms with Crippen molar-refractivity contribution >= 4 is 11.5 Å². The molecule has 0 aliphatic carbocycles. The van der Waals surface area contributed by atoms with Crippen molar-refractivity contribution in [3.8, 4) is 5.75 Å². The summed E-state index contributed by atoms with van der Waals surface area (Å²) >= 11 is 0. The van der Waals surface area contributed by atoms with E-state index >= 15 is 0 Å². The van der Waals surface area contributed by atoms with Crippen LogP contribution >= 0.6 is 0 Å². The van der Waals surface area contributed by atoms with Crippen LogP contribution in [-0.4, -0.2) is 21.8 Å². The first-order valence-corrected chi connectivity index (χ1v) is 4.09. The van der Waals surface area contributed by atoms with Gasteiger partial charge in [0.05, 0.1) is 0 Å². The summed E-state index contributed by atoms with van der Waals surface area (Å²) in [6.07, 6.45) is 0. The third-order valence-electron chi connectivity index (χ3n) is 1.95. The molecule has 1 aromatic carbocycles. The molecule has 0 amide bonds. The molecule has 4 nitrogen and oxygen atoms in total. The second-order valence-electron chi connectivity index (χ2n) is 3.02. The van der Waals surface area contributed by atoms with Crippen molar-refractivity contribution in [2.45, 2.75) is 13.8 Å². The van der Waals surface area contributed by atoms with Gasteiger partial charge in [0.25, 0.3) is 0 Å². The summed E-state index contributed by atoms with van der Waals surface area (Å²) in [6.45, 7) is 3.13. The molecule has 0 radical (unpaired) electrons. The molecule has 0 heterocycles. The first-order chi connectivity index (χ1) is 6.56. The monoisotopic (exact) mass is 193 g/mol. The summed E-state index contributed by atoms with van der Waals surface area (Å²) < 4.78 is 0. The molecular weight excluding hydrogens is 182 g/mol. The molecule has 0 spiro atoms. The number of aryl methyl sites for hydroxylation is 1. The zero-order valence-electron chi connectivity index (χ0n) is 7.98. The van der Waals surface area contributed by atoms with Gasteiger partial charge in [0, 0.05) is 5.56 Å². The molecule has 1 rings (SSSR count). The maximum atomic E-state index is 11.4. The van der Waals surface area contributed by atoms with E-state index in [2.05, 4.69) is 5.16 Å². The van der Waals surface area contributed by atoms with Crippen LogP contribution in [0.15, 0.2) is 23.4 Å². The number of carbonyl (C=O) groups excluding carboxylic acids is 1. The molecule has 0 bridgehead atoms. The van der Waals surface area contributed by atoms with E-state index in [0.29, 0.717) is 11.1 Å². The fraction of sp³-hybridized carbons (Fsp3) is 0.200. The van der Waals surface area contributed by atoms with Crippen molar-refractivity contribution in [2.24, 2.45) is 5.16 Å². The van der Waals surface area contributed by atoms with Crippen LogP contribution in [0.2, 0.25) is 0 Å². The first-order valence-electron chi connectivity index (χ1n) is 4.09. The molecule has 2 N–H and O–H groups in total. The fourth-order valence-electron chi connectivity index (χ4n) is 1.00. The van der Waals surface area contributed by atoms with E-state index in [4.69, 9.17) is 5.21 Å². The van der Waals surface area contributed by atoms with Gasteiger partial charge in [-0.1, -0.05) is 17.3 Å². The van der Waals surface area contributed by atoms with Gasteiger partial charge in [-0.15, -0.1) is 0 Å². The molecule has 14 heavy (non-hydrogen) atoms. The van der Waals surface area contributed by atoms with Crippen molar-refractivity contribution in [3.05, 3.63) is 29.3 Å². The Balaban J connectivity index is 3.09. The lowest BCUT2D eigenvalue weighted by molar-refractivity contribution is 0.106. The normalized spacial score (nSPS) is 11.4. The summed E-state index contributed by atoms with van der Waals surface area (Å²) in [4.78, 5) is 11.4. The molecule has 0 saturated heterocycles. The Morgan fingerprint density at radius 2 is 2.07 bits per heavy atom. The summed E-state index contributed by atoms with van der Waals surface area (Å²) in [6, 6.07) is 4.56. The number of nitrogens with zero attached hydrogens (tertiary/aromatic N) is 1. The third-order valence-corrected chi connectivity index (χ3v) is 1.95. The number of hydrogen-bond donors (Lipinski definition) is 2. The highest BCUT2D eigenvalue weighted by Crippen LogP contribution is 2.17. The Labute approximate surface area is 81.5 Å². The second kappa shape index (κ2) is 3.91. The van der Waals surface area contributed by atoms with Crippen LogP contribution in [-0.2, 0) is 0 Å². The minimum absolute atomic E-state index is 0.00625. The highest BCUT2D eigenvalue weighted by Gasteiger charge is 2.11. The van der Waals surface area contributed by atoms with Crippen molar-refractivity contribution in [1.82, 2.24) is 0 Å². The van der Waals surface area contributed by atoms with E-state index in [1.54, 1.807) is 19.1 Å². The number of aromatic hydroxyl groups is 1. The molecule has 0 unspecified atom stereocenters. The summed E-state index contributed by atoms with van der Waals surface area (Å²) in [5.41, 5.74) is 0.997. The average Bonchev–Trinajstić information content (AvgIpc) is 2.20. The van der Waals surface area contributed by atoms with Crippen LogP contribution in [0.25, 0.3) is 0 Å². The molecule has 1 aromatic rings. The van der Waals surface area contributed by atoms with Crippen LogP contribution in [0.4, 0.5) is 0 Å². The van der Waals surface area contributed by atoms with E-state index in [-0.39, 0.29) is 11.5 Å². The van der Waals surface area contributed by atoms with E-state index in [0.717, 1.165) is 0 Å². The predicted octanol–water partition coefficient (Wildman–Crippen LogP) is 1.73. The van der Waals surface area contributed by atoms with Gasteiger partial charge in [-0.05, 0) is 25.5 Å². The lowest BCUT2D eigenvalue weighted by atomic mass is 10.1. The fourth-order valence-corrected chi connectivity index (χ4v) is 1.00. The number of hydrogen-bond acceptors (Lipinski definition) is 4. The van der Waals surface area contributed by atoms with Crippen molar-refractivity contribution in [2.75, 3.05) is 0 Å². The minimum atomic E-state index is -0.400. The van der Waals surface area contributed by atoms with Gasteiger partial charge < -0.3 is 10.3 Å². The summed E-state index contributed by atoms with van der Waals surface area (Å²) in [7, 11) is 0. The maximum absolute atomic E-state index is 11.4. The van der Waals surface area contributed by atoms with Crippen LogP contribution in [0.3, 0.4) is 0 Å². The molecule has 0 saturated carbocycles. The number of ketones is 1. The van der Waals surface area contributed by atoms with Crippen molar-refractivity contribution in [1.29, 1.82) is 0 Å². The maximum Gasteiger partial charge on any atom is 0.210 e. The van der Waals surface area contributed by atoms with Crippen LogP contribution in [0, 0.1) is 6.92 Å². The van der Waals surface area contributed by atoms with Crippen LogP contribution < -0.4 is 0 Å². The number of phenolic OH excluding ortho intramolecular Hbond substituents is 1. The minimum Gasteiger partial charge on any atom is -0.508 e. The van der Waals surface area contributed by atoms with Crippen LogP contribution in [0.5, 0.6) is 5.75 Å². The number of phenols is 1. The third kappa shape index (κ3) is 1.90. The second-order valence-corrected chi connectivity index (χ2v) is 3.02. The van der Waals surface area contributed by atoms with Crippen LogP contribution in [0.1, 0.15) is 22.8 Å². The van der Waals surface area contributed by atoms with Gasteiger partial charge in [0.15, 0.2) is 0 Å². The number of benzene rings is 1. The zero-order chi connectivity index (χ0) is 10.7. The molecule has 0 aliphatic heterocycles. The number of oxime groups is 1. The Bertz CT molecular complexity index is 396. The van der Waals surface area contributed by atoms with Gasteiger partial charge in [-0.2, -0.15) is 0 Å². The largest absolute Gasteiger partial charge is 0.508 e. The smallest absolute Gasteiger partial charge is 0.210 e. The van der Waals surface area contributed by atoms with E-state index in [9.17, 15) is 9.90 Å². The van der Waals surface area contributed by atoms with E-state index < -0.39 is 5.78 Å². The standard InChI is InChI=1S/C10H11NO3/c1-6-3-4-8(5-9(6)12)10(13)7(2)11-14/h3-5,12,14H,1-2H3/b11-7+. The SMILES string of the molecule is C/C(=N\O)C(=O)c1ccc(C)c(O)c1. The molecule has 0 aliphatic rings. The number of Topliss-reactive ketones (excluding diaryl/α,β-unsaturated/α-hetero) is 1. The molecule has 74 valence electrons. The van der Waals surface area contributed by atoms with E-state index in [1.165, 1.54) is 13.0 Å². The lowest BCUT2D eigenvalue weighted by Gasteiger charge is -2.02. The Kier molecular flexibility index (Phi) is 2.86. The van der Waals surface area contributed by atoms with E-state index in [1.807, 2.05) is 0 Å². The topological polar surface area (TPSA) is 69.9 Å². The highest BCUT2D eigenvalue weighted by atomic mass is 16.4. The van der Waals surface area contributed by atoms with Gasteiger partial charge >= 0.3 is 0 Å².